The van der Waals surface area contributed by atoms with Gasteiger partial charge >= 0.3 is 0 Å². The van der Waals surface area contributed by atoms with Gasteiger partial charge in [0.1, 0.15) is 0 Å². The van der Waals surface area contributed by atoms with Crippen molar-refractivity contribution in [3.05, 3.63) is 18.0 Å². The first kappa shape index (κ1) is 17.5. The lowest BCUT2D eigenvalue weighted by Crippen LogP contribution is -2.39. The zero-order valence-corrected chi connectivity index (χ0v) is 14.0. The van der Waals surface area contributed by atoms with Gasteiger partial charge in [0, 0.05) is 26.3 Å². The molecule has 0 saturated heterocycles. The van der Waals surface area contributed by atoms with Gasteiger partial charge in [-0.05, 0) is 25.3 Å². The highest BCUT2D eigenvalue weighted by atomic mass is 15.3. The fourth-order valence-corrected chi connectivity index (χ4v) is 2.24. The van der Waals surface area contributed by atoms with E-state index in [9.17, 15) is 0 Å². The highest BCUT2D eigenvalue weighted by molar-refractivity contribution is 5.79. The van der Waals surface area contributed by atoms with Gasteiger partial charge < -0.3 is 10.6 Å². The van der Waals surface area contributed by atoms with Crippen LogP contribution in [0.5, 0.6) is 0 Å². The van der Waals surface area contributed by atoms with Crippen molar-refractivity contribution in [3.8, 4) is 0 Å². The van der Waals surface area contributed by atoms with Gasteiger partial charge in [0.05, 0.1) is 12.2 Å². The summed E-state index contributed by atoms with van der Waals surface area (Å²) < 4.78 is 1.86. The van der Waals surface area contributed by atoms with E-state index in [1.165, 1.54) is 25.7 Å². The molecule has 0 amide bonds. The fourth-order valence-electron chi connectivity index (χ4n) is 2.24. The Labute approximate surface area is 129 Å². The lowest BCUT2D eigenvalue weighted by molar-refractivity contribution is 0.443. The van der Waals surface area contributed by atoms with Gasteiger partial charge in [0.2, 0.25) is 0 Å². The molecule has 0 saturated carbocycles. The zero-order valence-electron chi connectivity index (χ0n) is 14.0. The standard InChI is InChI=1S/C16H31N5/c1-5-8-9-14(6-2)12-18-16(17-7-3)19-13-15-10-11-20-21(15)4/h10-11,14H,5-9,12-13H2,1-4H3,(H2,17,18,19). The van der Waals surface area contributed by atoms with Crippen molar-refractivity contribution >= 4 is 5.96 Å². The van der Waals surface area contributed by atoms with Crippen molar-refractivity contribution in [2.24, 2.45) is 18.0 Å². The number of hydrogen-bond acceptors (Lipinski definition) is 2. The van der Waals surface area contributed by atoms with Crippen LogP contribution in [0, 0.1) is 5.92 Å². The molecule has 2 N–H and O–H groups in total. The lowest BCUT2D eigenvalue weighted by Gasteiger charge is -2.17. The normalized spacial score (nSPS) is 13.2. The van der Waals surface area contributed by atoms with Crippen LogP contribution in [0.15, 0.2) is 17.3 Å². The highest BCUT2D eigenvalue weighted by Gasteiger charge is 2.07. The summed E-state index contributed by atoms with van der Waals surface area (Å²) in [5, 5.41) is 10.9. The molecule has 21 heavy (non-hydrogen) atoms. The minimum absolute atomic E-state index is 0.650. The second-order valence-electron chi connectivity index (χ2n) is 5.44. The van der Waals surface area contributed by atoms with Crippen molar-refractivity contribution < 1.29 is 0 Å². The van der Waals surface area contributed by atoms with Gasteiger partial charge in [0.25, 0.3) is 0 Å². The van der Waals surface area contributed by atoms with Crippen LogP contribution in [0.3, 0.4) is 0 Å². The van der Waals surface area contributed by atoms with E-state index < -0.39 is 0 Å². The van der Waals surface area contributed by atoms with E-state index in [1.807, 2.05) is 24.0 Å². The molecule has 1 unspecified atom stereocenters. The first-order valence-corrected chi connectivity index (χ1v) is 8.20. The molecule has 1 atom stereocenters. The molecule has 1 rings (SSSR count). The van der Waals surface area contributed by atoms with E-state index in [2.05, 4.69) is 41.5 Å². The third kappa shape index (κ3) is 6.65. The predicted molar refractivity (Wildman–Crippen MR) is 89.3 cm³/mol. The van der Waals surface area contributed by atoms with Crippen molar-refractivity contribution in [2.75, 3.05) is 13.1 Å². The molecule has 0 bridgehead atoms. The molecule has 0 aliphatic carbocycles. The van der Waals surface area contributed by atoms with Gasteiger partial charge in [-0.15, -0.1) is 0 Å². The molecule has 0 radical (unpaired) electrons. The molecule has 1 aromatic rings. The average molecular weight is 293 g/mol. The number of guanidine groups is 1. The molecule has 1 aromatic heterocycles. The Morgan fingerprint density at radius 1 is 1.33 bits per heavy atom. The van der Waals surface area contributed by atoms with Crippen LogP contribution in [0.1, 0.15) is 52.1 Å². The van der Waals surface area contributed by atoms with Crippen molar-refractivity contribution in [2.45, 2.75) is 53.0 Å². The zero-order chi connectivity index (χ0) is 15.5. The highest BCUT2D eigenvalue weighted by Crippen LogP contribution is 2.11. The maximum Gasteiger partial charge on any atom is 0.191 e. The second kappa shape index (κ2) is 10.2. The molecule has 0 aliphatic heterocycles. The molecule has 5 nitrogen and oxygen atoms in total. The van der Waals surface area contributed by atoms with E-state index in [0.717, 1.165) is 30.7 Å². The Kier molecular flexibility index (Phi) is 8.55. The third-order valence-corrected chi connectivity index (χ3v) is 3.77. The summed E-state index contributed by atoms with van der Waals surface area (Å²) in [7, 11) is 1.95. The number of aromatic nitrogens is 2. The summed E-state index contributed by atoms with van der Waals surface area (Å²) in [6.07, 6.45) is 6.90. The Morgan fingerprint density at radius 3 is 2.71 bits per heavy atom. The first-order chi connectivity index (χ1) is 10.2. The van der Waals surface area contributed by atoms with E-state index in [1.54, 1.807) is 0 Å². The summed E-state index contributed by atoms with van der Waals surface area (Å²) in [5.74, 6) is 1.62. The van der Waals surface area contributed by atoms with Crippen molar-refractivity contribution in [1.29, 1.82) is 0 Å². The number of hydrogen-bond donors (Lipinski definition) is 2. The van der Waals surface area contributed by atoms with E-state index >= 15 is 0 Å². The third-order valence-electron chi connectivity index (χ3n) is 3.77. The topological polar surface area (TPSA) is 54.2 Å². The maximum atomic E-state index is 4.64. The largest absolute Gasteiger partial charge is 0.357 e. The van der Waals surface area contributed by atoms with Gasteiger partial charge in [-0.2, -0.15) is 5.10 Å². The van der Waals surface area contributed by atoms with Crippen molar-refractivity contribution in [1.82, 2.24) is 20.4 Å². The quantitative estimate of drug-likeness (QED) is 0.544. The summed E-state index contributed by atoms with van der Waals surface area (Å²) in [4.78, 5) is 4.64. The SMILES string of the molecule is CCCCC(CC)CNC(=NCc1ccnn1C)NCC. The van der Waals surface area contributed by atoms with Gasteiger partial charge in [-0.3, -0.25) is 4.68 Å². The van der Waals surface area contributed by atoms with Crippen molar-refractivity contribution in [3.63, 3.8) is 0 Å². The van der Waals surface area contributed by atoms with Crippen LogP contribution in [0.4, 0.5) is 0 Å². The molecule has 120 valence electrons. The van der Waals surface area contributed by atoms with Gasteiger partial charge in [0.15, 0.2) is 5.96 Å². The fraction of sp³-hybridized carbons (Fsp3) is 0.750. The number of nitrogens with zero attached hydrogens (tertiary/aromatic N) is 3. The van der Waals surface area contributed by atoms with Crippen LogP contribution in [0.2, 0.25) is 0 Å². The van der Waals surface area contributed by atoms with Crippen LogP contribution in [-0.4, -0.2) is 28.8 Å². The van der Waals surface area contributed by atoms with Crippen LogP contribution >= 0.6 is 0 Å². The minimum atomic E-state index is 0.650. The van der Waals surface area contributed by atoms with Crippen LogP contribution < -0.4 is 10.6 Å². The Balaban J connectivity index is 2.50. The lowest BCUT2D eigenvalue weighted by atomic mass is 9.99. The molecular weight excluding hydrogens is 262 g/mol. The summed E-state index contributed by atoms with van der Waals surface area (Å²) in [5.41, 5.74) is 1.12. The Bertz CT molecular complexity index is 411. The average Bonchev–Trinajstić information content (AvgIpc) is 2.90. The number of rotatable bonds is 9. The molecule has 0 fully saturated rings. The van der Waals surface area contributed by atoms with Gasteiger partial charge in [-0.1, -0.05) is 33.1 Å². The number of aryl methyl sites for hydroxylation is 1. The molecule has 1 heterocycles. The minimum Gasteiger partial charge on any atom is -0.357 e. The molecule has 0 aromatic carbocycles. The Morgan fingerprint density at radius 2 is 2.14 bits per heavy atom. The van der Waals surface area contributed by atoms with E-state index in [0.29, 0.717) is 6.54 Å². The van der Waals surface area contributed by atoms with Crippen LogP contribution in [-0.2, 0) is 13.6 Å². The number of nitrogens with one attached hydrogen (secondary N) is 2. The van der Waals surface area contributed by atoms with Gasteiger partial charge in [-0.25, -0.2) is 4.99 Å². The molecule has 0 aliphatic rings. The smallest absolute Gasteiger partial charge is 0.191 e. The second-order valence-corrected chi connectivity index (χ2v) is 5.44. The van der Waals surface area contributed by atoms with E-state index in [-0.39, 0.29) is 0 Å². The first-order valence-electron chi connectivity index (χ1n) is 8.20. The summed E-state index contributed by atoms with van der Waals surface area (Å²) >= 11 is 0. The van der Waals surface area contributed by atoms with Crippen LogP contribution in [0.25, 0.3) is 0 Å². The molecule has 0 spiro atoms. The monoisotopic (exact) mass is 293 g/mol. The Hall–Kier alpha value is -1.52. The predicted octanol–water partition coefficient (Wildman–Crippen LogP) is 2.69. The number of unbranched alkanes of at least 4 members (excludes halogenated alkanes) is 1. The molecule has 5 heteroatoms. The number of aliphatic imine (C=N–C) groups is 1. The molecular formula is C16H31N5. The van der Waals surface area contributed by atoms with E-state index in [4.69, 9.17) is 0 Å². The summed E-state index contributed by atoms with van der Waals surface area (Å²) in [6.45, 7) is 9.13. The summed E-state index contributed by atoms with van der Waals surface area (Å²) in [6, 6.07) is 2.00. The maximum absolute atomic E-state index is 4.64.